The van der Waals surface area contributed by atoms with E-state index >= 15 is 0 Å². The minimum absolute atomic E-state index is 0.0392. The Morgan fingerprint density at radius 1 is 1.33 bits per heavy atom. The van der Waals surface area contributed by atoms with Crippen LogP contribution in [0.1, 0.15) is 18.4 Å². The SMILES string of the molecule is O=C1CC[C@@H]2[C@H]1[C@H]2C(=O)OCc1ccc(Cl)cc1. The first-order valence-corrected chi connectivity index (χ1v) is 6.48. The van der Waals surface area contributed by atoms with Gasteiger partial charge in [-0.15, -0.1) is 0 Å². The number of hydrogen-bond acceptors (Lipinski definition) is 3. The van der Waals surface area contributed by atoms with Crippen LogP contribution in [0.2, 0.25) is 5.02 Å². The van der Waals surface area contributed by atoms with Crippen LogP contribution in [0.5, 0.6) is 0 Å². The lowest BCUT2D eigenvalue weighted by Crippen LogP contribution is -2.13. The van der Waals surface area contributed by atoms with Gasteiger partial charge in [-0.1, -0.05) is 23.7 Å². The predicted molar refractivity (Wildman–Crippen MR) is 66.0 cm³/mol. The molecule has 2 fully saturated rings. The lowest BCUT2D eigenvalue weighted by molar-refractivity contribution is -0.148. The van der Waals surface area contributed by atoms with Crippen LogP contribution in [-0.4, -0.2) is 11.8 Å². The van der Waals surface area contributed by atoms with Gasteiger partial charge in [-0.25, -0.2) is 0 Å². The third-order valence-corrected chi connectivity index (χ3v) is 4.08. The Morgan fingerprint density at radius 2 is 2.06 bits per heavy atom. The van der Waals surface area contributed by atoms with Crippen molar-refractivity contribution in [2.45, 2.75) is 19.4 Å². The summed E-state index contributed by atoms with van der Waals surface area (Å²) in [6.07, 6.45) is 1.49. The highest BCUT2D eigenvalue weighted by Gasteiger charge is 2.62. The molecule has 0 bridgehead atoms. The van der Waals surface area contributed by atoms with Crippen LogP contribution in [0.4, 0.5) is 0 Å². The second-order valence-corrected chi connectivity index (χ2v) is 5.39. The zero-order valence-corrected chi connectivity index (χ0v) is 10.5. The zero-order chi connectivity index (χ0) is 12.7. The summed E-state index contributed by atoms with van der Waals surface area (Å²) < 4.78 is 5.24. The zero-order valence-electron chi connectivity index (χ0n) is 9.77. The van der Waals surface area contributed by atoms with Crippen molar-refractivity contribution >= 4 is 23.4 Å². The van der Waals surface area contributed by atoms with E-state index < -0.39 is 0 Å². The number of benzene rings is 1. The largest absolute Gasteiger partial charge is 0.461 e. The third kappa shape index (κ3) is 2.03. The number of ether oxygens (including phenoxy) is 1. The van der Waals surface area contributed by atoms with Crippen LogP contribution in [0.3, 0.4) is 0 Å². The minimum atomic E-state index is -0.229. The normalized spacial score (nSPS) is 28.9. The maximum Gasteiger partial charge on any atom is 0.310 e. The number of fused-ring (bicyclic) bond motifs is 1. The summed E-state index contributed by atoms with van der Waals surface area (Å²) in [6.45, 7) is 0.250. The highest BCUT2D eigenvalue weighted by Crippen LogP contribution is 2.55. The molecular weight excluding hydrogens is 252 g/mol. The lowest BCUT2D eigenvalue weighted by Gasteiger charge is -2.06. The summed E-state index contributed by atoms with van der Waals surface area (Å²) in [7, 11) is 0. The number of halogens is 1. The van der Waals surface area contributed by atoms with Gasteiger partial charge in [-0.2, -0.15) is 0 Å². The molecule has 94 valence electrons. The standard InChI is InChI=1S/C14H13ClO3/c15-9-3-1-8(2-4-9)7-18-14(17)13-10-5-6-11(16)12(10)13/h1-4,10,12-13H,5-7H2/t10-,12-,13+/m1/s1. The van der Waals surface area contributed by atoms with E-state index in [0.29, 0.717) is 11.4 Å². The van der Waals surface area contributed by atoms with Crippen molar-refractivity contribution in [1.29, 1.82) is 0 Å². The molecule has 2 aliphatic carbocycles. The predicted octanol–water partition coefficient (Wildman–Crippen LogP) is 2.61. The summed E-state index contributed by atoms with van der Waals surface area (Å²) in [6, 6.07) is 7.18. The fraction of sp³-hybridized carbons (Fsp3) is 0.429. The van der Waals surface area contributed by atoms with Gasteiger partial charge in [0.15, 0.2) is 0 Å². The molecule has 0 heterocycles. The third-order valence-electron chi connectivity index (χ3n) is 3.83. The second kappa shape index (κ2) is 4.39. The van der Waals surface area contributed by atoms with Crippen molar-refractivity contribution in [2.24, 2.45) is 17.8 Å². The molecule has 1 aromatic rings. The van der Waals surface area contributed by atoms with Gasteiger partial charge in [0.05, 0.1) is 5.92 Å². The maximum atomic E-state index is 11.8. The minimum Gasteiger partial charge on any atom is -0.461 e. The smallest absolute Gasteiger partial charge is 0.310 e. The van der Waals surface area contributed by atoms with Crippen LogP contribution in [-0.2, 0) is 20.9 Å². The molecule has 2 saturated carbocycles. The Kier molecular flexibility index (Phi) is 2.86. The Hall–Kier alpha value is -1.35. The monoisotopic (exact) mass is 264 g/mol. The van der Waals surface area contributed by atoms with Crippen molar-refractivity contribution in [2.75, 3.05) is 0 Å². The van der Waals surface area contributed by atoms with E-state index in [0.717, 1.165) is 12.0 Å². The van der Waals surface area contributed by atoms with Gasteiger partial charge in [0.1, 0.15) is 12.4 Å². The molecule has 0 radical (unpaired) electrons. The molecule has 4 heteroatoms. The molecule has 0 N–H and O–H groups in total. The topological polar surface area (TPSA) is 43.4 Å². The van der Waals surface area contributed by atoms with Gasteiger partial charge < -0.3 is 4.74 Å². The van der Waals surface area contributed by atoms with E-state index in [-0.39, 0.29) is 36.1 Å². The van der Waals surface area contributed by atoms with Crippen LogP contribution >= 0.6 is 11.6 Å². The van der Waals surface area contributed by atoms with Gasteiger partial charge in [0.25, 0.3) is 0 Å². The first kappa shape index (κ1) is 11.7. The Balaban J connectivity index is 1.54. The number of esters is 1. The van der Waals surface area contributed by atoms with Crippen molar-refractivity contribution in [3.63, 3.8) is 0 Å². The Labute approximate surface area is 110 Å². The number of hydrogen-bond donors (Lipinski definition) is 0. The van der Waals surface area contributed by atoms with Crippen LogP contribution < -0.4 is 0 Å². The molecule has 3 rings (SSSR count). The van der Waals surface area contributed by atoms with E-state index in [4.69, 9.17) is 16.3 Å². The summed E-state index contributed by atoms with van der Waals surface area (Å²) in [5.41, 5.74) is 0.907. The first-order valence-electron chi connectivity index (χ1n) is 6.10. The Morgan fingerprint density at radius 3 is 2.67 bits per heavy atom. The average Bonchev–Trinajstić information content (AvgIpc) is 2.99. The van der Waals surface area contributed by atoms with E-state index in [2.05, 4.69) is 0 Å². The van der Waals surface area contributed by atoms with Crippen LogP contribution in [0.25, 0.3) is 0 Å². The van der Waals surface area contributed by atoms with Gasteiger partial charge in [0, 0.05) is 17.4 Å². The molecule has 3 nitrogen and oxygen atoms in total. The summed E-state index contributed by atoms with van der Waals surface area (Å²) in [4.78, 5) is 23.2. The van der Waals surface area contributed by atoms with E-state index in [1.807, 2.05) is 12.1 Å². The summed E-state index contributed by atoms with van der Waals surface area (Å²) >= 11 is 5.77. The quantitative estimate of drug-likeness (QED) is 0.788. The van der Waals surface area contributed by atoms with Gasteiger partial charge >= 0.3 is 5.97 Å². The lowest BCUT2D eigenvalue weighted by atomic mass is 10.1. The fourth-order valence-electron chi connectivity index (χ4n) is 2.80. The number of carbonyl (C=O) groups excluding carboxylic acids is 2. The van der Waals surface area contributed by atoms with Crippen LogP contribution in [0, 0.1) is 17.8 Å². The van der Waals surface area contributed by atoms with Crippen molar-refractivity contribution in [3.05, 3.63) is 34.9 Å². The molecule has 0 saturated heterocycles. The van der Waals surface area contributed by atoms with E-state index in [9.17, 15) is 9.59 Å². The molecule has 0 aromatic heterocycles. The molecule has 18 heavy (non-hydrogen) atoms. The molecule has 0 unspecified atom stereocenters. The molecule has 1 aromatic carbocycles. The maximum absolute atomic E-state index is 11.8. The summed E-state index contributed by atoms with van der Waals surface area (Å²) in [5.74, 6) is 0.0536. The summed E-state index contributed by atoms with van der Waals surface area (Å²) in [5, 5.41) is 0.660. The first-order chi connectivity index (χ1) is 8.66. The fourth-order valence-corrected chi connectivity index (χ4v) is 2.93. The van der Waals surface area contributed by atoms with Crippen molar-refractivity contribution in [1.82, 2.24) is 0 Å². The van der Waals surface area contributed by atoms with E-state index in [1.54, 1.807) is 12.1 Å². The van der Waals surface area contributed by atoms with Crippen molar-refractivity contribution in [3.8, 4) is 0 Å². The highest BCUT2D eigenvalue weighted by atomic mass is 35.5. The number of ketones is 1. The second-order valence-electron chi connectivity index (χ2n) is 4.95. The van der Waals surface area contributed by atoms with Crippen LogP contribution in [0.15, 0.2) is 24.3 Å². The van der Waals surface area contributed by atoms with Crippen molar-refractivity contribution < 1.29 is 14.3 Å². The number of Topliss-reactive ketones (excluding diaryl/α,β-unsaturated/α-hetero) is 1. The number of carbonyl (C=O) groups is 2. The molecule has 0 spiro atoms. The molecule has 0 aliphatic heterocycles. The van der Waals surface area contributed by atoms with Gasteiger partial charge in [0.2, 0.25) is 0 Å². The molecule has 2 aliphatic rings. The average molecular weight is 265 g/mol. The molecule has 0 amide bonds. The Bertz CT molecular complexity index is 494. The molecule has 3 atom stereocenters. The highest BCUT2D eigenvalue weighted by molar-refractivity contribution is 6.30. The van der Waals surface area contributed by atoms with E-state index in [1.165, 1.54) is 0 Å². The number of rotatable bonds is 3. The van der Waals surface area contributed by atoms with Gasteiger partial charge in [-0.3, -0.25) is 9.59 Å². The molecular formula is C14H13ClO3. The van der Waals surface area contributed by atoms with Gasteiger partial charge in [-0.05, 0) is 30.0 Å².